The molecule has 0 fully saturated rings. The first-order chi connectivity index (χ1) is 11.2. The van der Waals surface area contributed by atoms with E-state index in [2.05, 4.69) is 21.2 Å². The van der Waals surface area contributed by atoms with Crippen molar-refractivity contribution in [2.75, 3.05) is 5.32 Å². The van der Waals surface area contributed by atoms with Crippen molar-refractivity contribution in [1.29, 1.82) is 0 Å². The monoisotopic (exact) mass is 387 g/mol. The summed E-state index contributed by atoms with van der Waals surface area (Å²) in [6.07, 6.45) is -0.285. The first kappa shape index (κ1) is 16.9. The number of carbonyl (C=O) groups is 2. The number of amides is 1. The van der Waals surface area contributed by atoms with Gasteiger partial charge >= 0.3 is 0 Å². The minimum Gasteiger partial charge on any atom is -0.375 e. The molecule has 1 amide bonds. The van der Waals surface area contributed by atoms with Crippen LogP contribution in [-0.4, -0.2) is 16.8 Å². The van der Waals surface area contributed by atoms with Gasteiger partial charge in [-0.25, -0.2) is 0 Å². The Kier molecular flexibility index (Phi) is 4.10. The van der Waals surface area contributed by atoms with Crippen LogP contribution in [0, 0.1) is 20.8 Å². The lowest BCUT2D eigenvalue weighted by molar-refractivity contribution is -0.133. The van der Waals surface area contributed by atoms with Crippen LogP contribution in [0.15, 0.2) is 34.8 Å². The summed E-state index contributed by atoms with van der Waals surface area (Å²) in [5.41, 5.74) is 2.48. The van der Waals surface area contributed by atoms with Crippen LogP contribution in [-0.2, 0) is 10.4 Å². The molecule has 1 aliphatic heterocycles. The van der Waals surface area contributed by atoms with Crippen LogP contribution >= 0.6 is 15.9 Å². The third kappa shape index (κ3) is 2.68. The molecule has 1 aliphatic rings. The second-order valence-corrected chi connectivity index (χ2v) is 7.29. The number of hydrogen-bond donors (Lipinski definition) is 2. The third-order valence-corrected chi connectivity index (χ3v) is 4.92. The van der Waals surface area contributed by atoms with E-state index < -0.39 is 11.5 Å². The summed E-state index contributed by atoms with van der Waals surface area (Å²) < 4.78 is 0.742. The fraction of sp³-hybridized carbons (Fsp3) is 0.263. The second kappa shape index (κ2) is 5.83. The van der Waals surface area contributed by atoms with E-state index in [0.717, 1.165) is 21.2 Å². The molecule has 4 nitrogen and oxygen atoms in total. The lowest BCUT2D eigenvalue weighted by atomic mass is 9.85. The Bertz CT molecular complexity index is 852. The zero-order valence-electron chi connectivity index (χ0n) is 13.7. The van der Waals surface area contributed by atoms with Gasteiger partial charge in [0.1, 0.15) is 0 Å². The van der Waals surface area contributed by atoms with Crippen molar-refractivity contribution in [3.8, 4) is 0 Å². The highest BCUT2D eigenvalue weighted by Crippen LogP contribution is 2.40. The molecule has 0 spiro atoms. The number of fused-ring (bicyclic) bond motifs is 1. The minimum absolute atomic E-state index is 0.240. The molecular weight excluding hydrogens is 370 g/mol. The summed E-state index contributed by atoms with van der Waals surface area (Å²) in [7, 11) is 0. The summed E-state index contributed by atoms with van der Waals surface area (Å²) >= 11 is 3.34. The van der Waals surface area contributed by atoms with Crippen LogP contribution in [0.25, 0.3) is 0 Å². The van der Waals surface area contributed by atoms with Crippen LogP contribution in [0.1, 0.15) is 39.0 Å². The fourth-order valence-corrected chi connectivity index (χ4v) is 3.79. The summed E-state index contributed by atoms with van der Waals surface area (Å²) in [4.78, 5) is 25.2. The van der Waals surface area contributed by atoms with Gasteiger partial charge in [0.25, 0.3) is 5.91 Å². The molecule has 0 saturated heterocycles. The molecule has 2 aromatic carbocycles. The Labute approximate surface area is 149 Å². The number of halogens is 1. The van der Waals surface area contributed by atoms with Gasteiger partial charge in [0.15, 0.2) is 11.4 Å². The zero-order valence-corrected chi connectivity index (χ0v) is 15.3. The van der Waals surface area contributed by atoms with E-state index in [0.29, 0.717) is 16.8 Å². The molecule has 0 radical (unpaired) electrons. The largest absolute Gasteiger partial charge is 0.375 e. The van der Waals surface area contributed by atoms with E-state index in [-0.39, 0.29) is 12.2 Å². The fourth-order valence-electron chi connectivity index (χ4n) is 3.43. The van der Waals surface area contributed by atoms with Crippen molar-refractivity contribution >= 4 is 33.3 Å². The molecule has 1 heterocycles. The minimum atomic E-state index is -1.85. The molecule has 2 aromatic rings. The molecule has 24 heavy (non-hydrogen) atoms. The number of benzene rings is 2. The smallest absolute Gasteiger partial charge is 0.261 e. The zero-order chi connectivity index (χ0) is 17.6. The van der Waals surface area contributed by atoms with E-state index in [1.807, 2.05) is 32.9 Å². The lowest BCUT2D eigenvalue weighted by Crippen LogP contribution is -2.36. The van der Waals surface area contributed by atoms with E-state index in [9.17, 15) is 14.7 Å². The van der Waals surface area contributed by atoms with Crippen molar-refractivity contribution in [3.05, 3.63) is 62.6 Å². The van der Waals surface area contributed by atoms with Gasteiger partial charge < -0.3 is 10.4 Å². The van der Waals surface area contributed by atoms with Crippen molar-refractivity contribution < 1.29 is 14.7 Å². The average Bonchev–Trinajstić information content (AvgIpc) is 2.69. The Morgan fingerprint density at radius 1 is 1.17 bits per heavy atom. The standard InChI is InChI=1S/C19H18BrNO3/c1-10-6-11(2)17(12(3)7-10)16(22)9-19(24)14-8-13(20)4-5-15(14)21-18(19)23/h4-8,24H,9H2,1-3H3,(H,21,23)/t19-/m1/s1. The van der Waals surface area contributed by atoms with Gasteiger partial charge in [-0.1, -0.05) is 33.6 Å². The van der Waals surface area contributed by atoms with Crippen molar-refractivity contribution in [2.24, 2.45) is 0 Å². The molecule has 1 atom stereocenters. The highest BCUT2D eigenvalue weighted by atomic mass is 79.9. The molecule has 2 N–H and O–H groups in total. The summed E-state index contributed by atoms with van der Waals surface area (Å²) in [5, 5.41) is 13.6. The highest BCUT2D eigenvalue weighted by molar-refractivity contribution is 9.10. The van der Waals surface area contributed by atoms with Gasteiger partial charge in [0, 0.05) is 21.3 Å². The van der Waals surface area contributed by atoms with Gasteiger partial charge in [-0.05, 0) is 50.1 Å². The van der Waals surface area contributed by atoms with E-state index in [4.69, 9.17) is 0 Å². The molecule has 124 valence electrons. The Morgan fingerprint density at radius 3 is 2.42 bits per heavy atom. The number of Topliss-reactive ketones (excluding diaryl/α,β-unsaturated/α-hetero) is 1. The lowest BCUT2D eigenvalue weighted by Gasteiger charge is -2.21. The first-order valence-corrected chi connectivity index (χ1v) is 8.46. The molecule has 0 aliphatic carbocycles. The molecular formula is C19H18BrNO3. The first-order valence-electron chi connectivity index (χ1n) is 7.67. The molecule has 3 rings (SSSR count). The van der Waals surface area contributed by atoms with E-state index in [1.165, 1.54) is 0 Å². The topological polar surface area (TPSA) is 66.4 Å². The predicted molar refractivity (Wildman–Crippen MR) is 96.3 cm³/mol. The second-order valence-electron chi connectivity index (χ2n) is 6.38. The van der Waals surface area contributed by atoms with Gasteiger partial charge in [0.05, 0.1) is 6.42 Å². The number of aliphatic hydroxyl groups is 1. The highest BCUT2D eigenvalue weighted by Gasteiger charge is 2.47. The third-order valence-electron chi connectivity index (χ3n) is 4.42. The normalized spacial score (nSPS) is 19.1. The Hall–Kier alpha value is -1.98. The van der Waals surface area contributed by atoms with Crippen molar-refractivity contribution in [3.63, 3.8) is 0 Å². The number of hydrogen-bond acceptors (Lipinski definition) is 3. The van der Waals surface area contributed by atoms with Gasteiger partial charge in [-0.3, -0.25) is 9.59 Å². The van der Waals surface area contributed by atoms with E-state index >= 15 is 0 Å². The SMILES string of the molecule is Cc1cc(C)c(C(=O)C[C@]2(O)C(=O)Nc3ccc(Br)cc32)c(C)c1. The average molecular weight is 388 g/mol. The molecule has 0 unspecified atom stereocenters. The summed E-state index contributed by atoms with van der Waals surface area (Å²) in [6, 6.07) is 9.03. The predicted octanol–water partition coefficient (Wildman–Crippen LogP) is 3.79. The number of carbonyl (C=O) groups excluding carboxylic acids is 2. The van der Waals surface area contributed by atoms with Crippen LogP contribution in [0.2, 0.25) is 0 Å². The van der Waals surface area contributed by atoms with Crippen LogP contribution < -0.4 is 5.32 Å². The number of anilines is 1. The van der Waals surface area contributed by atoms with E-state index in [1.54, 1.807) is 18.2 Å². The Morgan fingerprint density at radius 2 is 1.79 bits per heavy atom. The van der Waals surface area contributed by atoms with Crippen LogP contribution in [0.5, 0.6) is 0 Å². The molecule has 0 aromatic heterocycles. The van der Waals surface area contributed by atoms with Gasteiger partial charge in [-0.2, -0.15) is 0 Å². The molecule has 0 saturated carbocycles. The van der Waals surface area contributed by atoms with Gasteiger partial charge in [0.2, 0.25) is 0 Å². The maximum atomic E-state index is 12.8. The quantitative estimate of drug-likeness (QED) is 0.787. The summed E-state index contributed by atoms with van der Waals surface area (Å²) in [6.45, 7) is 5.72. The maximum absolute atomic E-state index is 12.8. The number of ketones is 1. The van der Waals surface area contributed by atoms with Crippen LogP contribution in [0.4, 0.5) is 5.69 Å². The van der Waals surface area contributed by atoms with Crippen molar-refractivity contribution in [2.45, 2.75) is 32.8 Å². The Balaban J connectivity index is 2.01. The maximum Gasteiger partial charge on any atom is 0.261 e. The molecule has 5 heteroatoms. The number of rotatable bonds is 3. The number of nitrogens with one attached hydrogen (secondary N) is 1. The van der Waals surface area contributed by atoms with Gasteiger partial charge in [-0.15, -0.1) is 0 Å². The summed E-state index contributed by atoms with van der Waals surface area (Å²) in [5.74, 6) is -0.804. The number of aryl methyl sites for hydroxylation is 3. The van der Waals surface area contributed by atoms with Crippen LogP contribution in [0.3, 0.4) is 0 Å². The van der Waals surface area contributed by atoms with Crippen molar-refractivity contribution in [1.82, 2.24) is 0 Å². The molecule has 0 bridgehead atoms.